The van der Waals surface area contributed by atoms with E-state index >= 15 is 0 Å². The van der Waals surface area contributed by atoms with Crippen LogP contribution in [-0.2, 0) is 18.2 Å². The van der Waals surface area contributed by atoms with Gasteiger partial charge in [-0.3, -0.25) is 0 Å². The maximum atomic E-state index is 4.79. The van der Waals surface area contributed by atoms with Gasteiger partial charge >= 0.3 is 90.7 Å². The quantitative estimate of drug-likeness (QED) is 0.166. The van der Waals surface area contributed by atoms with Gasteiger partial charge in [0.15, 0.2) is 0 Å². The summed E-state index contributed by atoms with van der Waals surface area (Å²) in [5.74, 6) is 0.577. The number of hydrogen-bond acceptors (Lipinski definition) is 2. The summed E-state index contributed by atoms with van der Waals surface area (Å²) in [6.45, 7) is 30.5. The molecule has 0 aromatic rings. The molecule has 0 heterocycles. The predicted molar refractivity (Wildman–Crippen MR) is 143 cm³/mol. The summed E-state index contributed by atoms with van der Waals surface area (Å²) in [5.41, 5.74) is 0.297. The second-order valence-electron chi connectivity index (χ2n) is 10.0. The number of hydrogen-bond donors (Lipinski definition) is 0. The second-order valence-corrected chi connectivity index (χ2v) is 11.3. The van der Waals surface area contributed by atoms with Crippen molar-refractivity contribution in [3.63, 3.8) is 0 Å². The molecule has 0 aliphatic rings. The van der Waals surface area contributed by atoms with E-state index in [1.807, 2.05) is 0 Å². The van der Waals surface area contributed by atoms with Crippen LogP contribution in [0, 0.1) is 12.3 Å². The van der Waals surface area contributed by atoms with Gasteiger partial charge in [-0.2, -0.15) is 13.3 Å². The molecule has 0 radical (unpaired) electrons. The van der Waals surface area contributed by atoms with Crippen molar-refractivity contribution in [3.05, 3.63) is 17.1 Å². The minimum atomic E-state index is -0.492. The molecule has 0 spiro atoms. The van der Waals surface area contributed by atoms with Gasteiger partial charge in [0.2, 0.25) is 0 Å². The molecule has 0 saturated heterocycles. The van der Waals surface area contributed by atoms with E-state index in [0.29, 0.717) is 18.0 Å². The van der Waals surface area contributed by atoms with E-state index in [9.17, 15) is 0 Å². The minimum absolute atomic E-state index is 0.148. The van der Waals surface area contributed by atoms with Crippen molar-refractivity contribution < 1.29 is 18.2 Å². The first-order chi connectivity index (χ1) is 14.8. The molecule has 32 heavy (non-hydrogen) atoms. The second kappa shape index (κ2) is 21.7. The van der Waals surface area contributed by atoms with Crippen LogP contribution in [0.4, 0.5) is 0 Å². The Balaban J connectivity index is -0.000000453. The Labute approximate surface area is 212 Å². The molecule has 0 aliphatic heterocycles. The molecule has 0 amide bonds. The molecule has 0 N–H and O–H groups in total. The topological polar surface area (TPSA) is 52.9 Å². The van der Waals surface area contributed by atoms with Gasteiger partial charge in [-0.1, -0.05) is 73.6 Å². The molecule has 3 atom stereocenters. The average Bonchev–Trinajstić information content (AvgIpc) is 2.77. The molecule has 0 aliphatic carbocycles. The van der Waals surface area contributed by atoms with E-state index in [-0.39, 0.29) is 17.2 Å². The molecule has 0 rings (SSSR count). The standard InChI is InChI=1S/C13H28N2.2C5H11N.C4H9.Mo/c1-7-10(4)13(14-11(5)8-2)15-12(6)9-3;2*1-4-5(2,3)6;1-3-4-2;/h10-13H,7-9H2,1-6H3;2*4H2,1-3H3;3H,4H2,1-2H3;/q-2;;;-1;. The van der Waals surface area contributed by atoms with Gasteiger partial charge in [0.05, 0.1) is 0 Å². The van der Waals surface area contributed by atoms with Gasteiger partial charge in [-0.15, -0.1) is 12.1 Å². The third-order valence-corrected chi connectivity index (χ3v) is 8.69. The molecule has 4 nitrogen and oxygen atoms in total. The van der Waals surface area contributed by atoms with Gasteiger partial charge in [0.25, 0.3) is 0 Å². The molecule has 0 aromatic heterocycles. The largest absolute Gasteiger partial charge is 0.675 e. The number of unbranched alkanes of at least 4 members (excludes halogenated alkanes) is 1. The first-order valence-electron chi connectivity index (χ1n) is 13.1. The molecular weight excluding hydrogens is 476 g/mol. The maximum absolute atomic E-state index is 4.79. The fourth-order valence-electron chi connectivity index (χ4n) is 1.65. The smallest absolute Gasteiger partial charge is 0.0566 e. The average molecular weight is 536 g/mol. The van der Waals surface area contributed by atoms with Crippen LogP contribution in [0.1, 0.15) is 135 Å². The number of rotatable bonds is 13. The molecule has 5 heteroatoms. The minimum Gasteiger partial charge on any atom is -0.675 e. The van der Waals surface area contributed by atoms with E-state index in [1.165, 1.54) is 6.42 Å². The molecule has 196 valence electrons. The molecular formula is C27H59MoN4-3. The summed E-state index contributed by atoms with van der Waals surface area (Å²) in [6.07, 6.45) is 9.13. The van der Waals surface area contributed by atoms with E-state index in [0.717, 1.165) is 32.1 Å². The normalized spacial score (nSPS) is 15.2. The van der Waals surface area contributed by atoms with Crippen LogP contribution in [0.3, 0.4) is 0 Å². The van der Waals surface area contributed by atoms with Gasteiger partial charge in [-0.25, -0.2) is 6.17 Å². The van der Waals surface area contributed by atoms with Crippen molar-refractivity contribution >= 4 is 0 Å². The molecule has 3 unspecified atom stereocenters. The van der Waals surface area contributed by atoms with Crippen molar-refractivity contribution in [3.8, 4) is 0 Å². The summed E-state index contributed by atoms with van der Waals surface area (Å²) in [7, 11) is 0. The summed E-state index contributed by atoms with van der Waals surface area (Å²) in [6, 6.07) is 0.883. The molecule has 0 bridgehead atoms. The third kappa shape index (κ3) is 23.4. The van der Waals surface area contributed by atoms with E-state index in [1.54, 1.807) is 0 Å². The Morgan fingerprint density at radius 2 is 1.06 bits per heavy atom. The van der Waals surface area contributed by atoms with Crippen molar-refractivity contribution in [2.75, 3.05) is 0 Å². The van der Waals surface area contributed by atoms with Crippen LogP contribution in [0.2, 0.25) is 0 Å². The first-order valence-corrected chi connectivity index (χ1v) is 14.9. The van der Waals surface area contributed by atoms with Gasteiger partial charge in [0.1, 0.15) is 0 Å². The molecule has 0 saturated carbocycles. The fraction of sp³-hybridized carbons (Fsp3) is 0.963. The van der Waals surface area contributed by atoms with Gasteiger partial charge < -0.3 is 17.1 Å². The molecule has 0 aromatic carbocycles. The first kappa shape index (κ1) is 36.8. The van der Waals surface area contributed by atoms with Crippen molar-refractivity contribution in [2.24, 2.45) is 12.9 Å². The van der Waals surface area contributed by atoms with Crippen LogP contribution in [0.15, 0.2) is 6.99 Å². The van der Waals surface area contributed by atoms with Gasteiger partial charge in [0, 0.05) is 0 Å². The zero-order valence-electron chi connectivity index (χ0n) is 24.3. The van der Waals surface area contributed by atoms with Crippen LogP contribution < -0.4 is 0 Å². The zero-order valence-corrected chi connectivity index (χ0v) is 26.3. The predicted octanol–water partition coefficient (Wildman–Crippen LogP) is 10.1. The van der Waals surface area contributed by atoms with E-state index in [4.69, 9.17) is 10.6 Å². The monoisotopic (exact) mass is 537 g/mol. The summed E-state index contributed by atoms with van der Waals surface area (Å²) in [5, 5.41) is 9.57. The number of nitrogens with zero attached hydrogens (tertiary/aromatic N) is 4. The zero-order chi connectivity index (χ0) is 25.8. The summed E-state index contributed by atoms with van der Waals surface area (Å²) >= 11 is -0.492. The van der Waals surface area contributed by atoms with Crippen LogP contribution in [-0.4, -0.2) is 29.3 Å². The van der Waals surface area contributed by atoms with Crippen LogP contribution >= 0.6 is 0 Å². The van der Waals surface area contributed by atoms with E-state index in [2.05, 4.69) is 110 Å². The SMILES string of the molecule is CCC(C)(C)[N]=[Mo]=[N]C(C)(C)CC.CCC(C)[N-]C([N-]C(C)CC)C(C)CC.C[CH-]CC. The fourth-order valence-corrected chi connectivity index (χ4v) is 3.47. The Morgan fingerprint density at radius 3 is 1.28 bits per heavy atom. The maximum Gasteiger partial charge on any atom is -0.0566 e. The van der Waals surface area contributed by atoms with Crippen LogP contribution in [0.5, 0.6) is 0 Å². The molecule has 0 fully saturated rings. The van der Waals surface area contributed by atoms with Crippen molar-refractivity contribution in [1.29, 1.82) is 0 Å². The Morgan fingerprint density at radius 1 is 0.719 bits per heavy atom. The van der Waals surface area contributed by atoms with Crippen LogP contribution in [0.25, 0.3) is 10.6 Å². The summed E-state index contributed by atoms with van der Waals surface area (Å²) < 4.78 is 9.34. The Kier molecular flexibility index (Phi) is 25.0. The Hall–Kier alpha value is 0.208. The van der Waals surface area contributed by atoms with Crippen molar-refractivity contribution in [1.82, 2.24) is 0 Å². The Bertz CT molecular complexity index is 436. The van der Waals surface area contributed by atoms with Crippen molar-refractivity contribution in [2.45, 2.75) is 165 Å². The third-order valence-electron chi connectivity index (χ3n) is 5.86. The summed E-state index contributed by atoms with van der Waals surface area (Å²) in [4.78, 5) is 0. The van der Waals surface area contributed by atoms with Gasteiger partial charge in [-0.05, 0) is 0 Å². The van der Waals surface area contributed by atoms with E-state index < -0.39 is 18.2 Å².